The molecule has 0 bridgehead atoms. The Labute approximate surface area is 116 Å². The Morgan fingerprint density at radius 1 is 1.06 bits per heavy atom. The number of anilines is 1. The molecule has 2 aromatic rings. The first-order valence-corrected chi connectivity index (χ1v) is 6.98. The molecule has 2 nitrogen and oxygen atoms in total. The van der Waals surface area contributed by atoms with E-state index in [9.17, 15) is 0 Å². The second kappa shape index (κ2) is 6.57. The molecule has 18 heavy (non-hydrogen) atoms. The molecule has 0 saturated carbocycles. The second-order valence-corrected chi connectivity index (χ2v) is 5.21. The number of nitrogens with two attached hydrogens (primary N) is 1. The fourth-order valence-corrected chi connectivity index (χ4v) is 2.54. The smallest absolute Gasteiger partial charge is 0.142 e. The van der Waals surface area contributed by atoms with Gasteiger partial charge < -0.3 is 10.5 Å². The minimum absolute atomic E-state index is 0.601. The molecule has 0 unspecified atom stereocenters. The molecular weight excluding hydrogens is 266 g/mol. The van der Waals surface area contributed by atoms with Crippen LogP contribution in [0.2, 0.25) is 5.02 Å². The number of nitrogen functional groups attached to an aromatic ring is 1. The molecule has 94 valence electrons. The summed E-state index contributed by atoms with van der Waals surface area (Å²) < 4.78 is 5.61. The zero-order valence-electron chi connectivity index (χ0n) is 9.80. The SMILES string of the molecule is Nc1ccccc1OCCSc1ccccc1Cl. The molecule has 0 aliphatic rings. The second-order valence-electron chi connectivity index (χ2n) is 3.67. The van der Waals surface area contributed by atoms with E-state index in [4.69, 9.17) is 22.1 Å². The Hall–Kier alpha value is -1.32. The van der Waals surface area contributed by atoms with Crippen molar-refractivity contribution in [2.24, 2.45) is 0 Å². The molecule has 2 aromatic carbocycles. The first-order valence-electron chi connectivity index (χ1n) is 5.62. The van der Waals surface area contributed by atoms with Crippen molar-refractivity contribution in [1.29, 1.82) is 0 Å². The molecular formula is C14H14ClNOS. The molecule has 0 fully saturated rings. The molecule has 0 saturated heterocycles. The molecule has 0 radical (unpaired) electrons. The third-order valence-electron chi connectivity index (χ3n) is 2.35. The fourth-order valence-electron chi connectivity index (χ4n) is 1.48. The van der Waals surface area contributed by atoms with Gasteiger partial charge in [-0.15, -0.1) is 11.8 Å². The van der Waals surface area contributed by atoms with Crippen LogP contribution in [0.25, 0.3) is 0 Å². The van der Waals surface area contributed by atoms with Crippen LogP contribution in [-0.4, -0.2) is 12.4 Å². The largest absolute Gasteiger partial charge is 0.491 e. The molecule has 0 aliphatic heterocycles. The highest BCUT2D eigenvalue weighted by Crippen LogP contribution is 2.27. The highest BCUT2D eigenvalue weighted by molar-refractivity contribution is 7.99. The number of hydrogen-bond acceptors (Lipinski definition) is 3. The van der Waals surface area contributed by atoms with Gasteiger partial charge >= 0.3 is 0 Å². The summed E-state index contributed by atoms with van der Waals surface area (Å²) in [6.07, 6.45) is 0. The summed E-state index contributed by atoms with van der Waals surface area (Å²) in [5.74, 6) is 1.56. The third kappa shape index (κ3) is 3.59. The number of benzene rings is 2. The maximum Gasteiger partial charge on any atom is 0.142 e. The number of rotatable bonds is 5. The Balaban J connectivity index is 1.80. The quantitative estimate of drug-likeness (QED) is 0.509. The van der Waals surface area contributed by atoms with Crippen molar-refractivity contribution in [3.8, 4) is 5.75 Å². The van der Waals surface area contributed by atoms with Gasteiger partial charge in [0.05, 0.1) is 17.3 Å². The van der Waals surface area contributed by atoms with E-state index in [-0.39, 0.29) is 0 Å². The van der Waals surface area contributed by atoms with Crippen LogP contribution in [0.4, 0.5) is 5.69 Å². The van der Waals surface area contributed by atoms with Gasteiger partial charge in [0.25, 0.3) is 0 Å². The number of ether oxygens (including phenoxy) is 1. The van der Waals surface area contributed by atoms with Crippen LogP contribution in [0.1, 0.15) is 0 Å². The van der Waals surface area contributed by atoms with Gasteiger partial charge in [0.15, 0.2) is 0 Å². The zero-order chi connectivity index (χ0) is 12.8. The van der Waals surface area contributed by atoms with Crippen molar-refractivity contribution < 1.29 is 4.74 Å². The minimum Gasteiger partial charge on any atom is -0.491 e. The standard InChI is InChI=1S/C14H14ClNOS/c15-11-5-1-4-8-14(11)18-10-9-17-13-7-3-2-6-12(13)16/h1-8H,9-10,16H2. The molecule has 0 aliphatic carbocycles. The number of para-hydroxylation sites is 2. The van der Waals surface area contributed by atoms with Crippen LogP contribution in [-0.2, 0) is 0 Å². The first-order chi connectivity index (χ1) is 8.77. The lowest BCUT2D eigenvalue weighted by molar-refractivity contribution is 0.346. The van der Waals surface area contributed by atoms with Gasteiger partial charge in [-0.3, -0.25) is 0 Å². The van der Waals surface area contributed by atoms with E-state index in [1.807, 2.05) is 48.5 Å². The summed E-state index contributed by atoms with van der Waals surface area (Å²) >= 11 is 7.74. The van der Waals surface area contributed by atoms with E-state index in [1.54, 1.807) is 11.8 Å². The van der Waals surface area contributed by atoms with Crippen LogP contribution in [0.15, 0.2) is 53.4 Å². The minimum atomic E-state index is 0.601. The monoisotopic (exact) mass is 279 g/mol. The lowest BCUT2D eigenvalue weighted by Crippen LogP contribution is -2.02. The zero-order valence-corrected chi connectivity index (χ0v) is 11.4. The Bertz CT molecular complexity index is 471. The maximum atomic E-state index is 6.06. The molecule has 0 spiro atoms. The maximum absolute atomic E-state index is 6.06. The van der Waals surface area contributed by atoms with Crippen molar-refractivity contribution in [2.45, 2.75) is 4.90 Å². The number of halogens is 1. The molecule has 0 atom stereocenters. The first kappa shape index (κ1) is 13.1. The lowest BCUT2D eigenvalue weighted by atomic mass is 10.3. The van der Waals surface area contributed by atoms with Crippen molar-refractivity contribution in [2.75, 3.05) is 18.1 Å². The van der Waals surface area contributed by atoms with Crippen LogP contribution >= 0.6 is 23.4 Å². The van der Waals surface area contributed by atoms with Crippen LogP contribution < -0.4 is 10.5 Å². The number of thioether (sulfide) groups is 1. The van der Waals surface area contributed by atoms with E-state index in [1.165, 1.54) is 0 Å². The summed E-state index contributed by atoms with van der Waals surface area (Å²) in [6, 6.07) is 15.3. The van der Waals surface area contributed by atoms with Gasteiger partial charge in [0, 0.05) is 10.6 Å². The number of hydrogen-bond donors (Lipinski definition) is 1. The van der Waals surface area contributed by atoms with E-state index in [0.717, 1.165) is 21.4 Å². The summed E-state index contributed by atoms with van der Waals surface area (Å²) in [5, 5.41) is 0.779. The lowest BCUT2D eigenvalue weighted by Gasteiger charge is -2.08. The highest BCUT2D eigenvalue weighted by atomic mass is 35.5. The van der Waals surface area contributed by atoms with Crippen LogP contribution in [0.5, 0.6) is 5.75 Å². The fraction of sp³-hybridized carbons (Fsp3) is 0.143. The van der Waals surface area contributed by atoms with Crippen molar-refractivity contribution in [3.63, 3.8) is 0 Å². The predicted octanol–water partition coefficient (Wildman–Crippen LogP) is 4.09. The van der Waals surface area contributed by atoms with Gasteiger partial charge in [-0.25, -0.2) is 0 Å². The summed E-state index contributed by atoms with van der Waals surface area (Å²) in [7, 11) is 0. The molecule has 0 amide bonds. The van der Waals surface area contributed by atoms with Crippen molar-refractivity contribution in [1.82, 2.24) is 0 Å². The normalized spacial score (nSPS) is 10.3. The third-order valence-corrected chi connectivity index (χ3v) is 3.83. The van der Waals surface area contributed by atoms with E-state index < -0.39 is 0 Å². The topological polar surface area (TPSA) is 35.2 Å². The van der Waals surface area contributed by atoms with Crippen LogP contribution in [0, 0.1) is 0 Å². The van der Waals surface area contributed by atoms with Gasteiger partial charge in [-0.2, -0.15) is 0 Å². The molecule has 0 heterocycles. The summed E-state index contributed by atoms with van der Waals surface area (Å²) in [4.78, 5) is 1.07. The summed E-state index contributed by atoms with van der Waals surface area (Å²) in [5.41, 5.74) is 6.45. The Morgan fingerprint density at radius 3 is 2.56 bits per heavy atom. The van der Waals surface area contributed by atoms with Gasteiger partial charge in [-0.05, 0) is 24.3 Å². The van der Waals surface area contributed by atoms with E-state index in [2.05, 4.69) is 0 Å². The average molecular weight is 280 g/mol. The van der Waals surface area contributed by atoms with E-state index in [0.29, 0.717) is 12.3 Å². The Kier molecular flexibility index (Phi) is 4.79. The van der Waals surface area contributed by atoms with Gasteiger partial charge in [0.1, 0.15) is 5.75 Å². The average Bonchev–Trinajstić information content (AvgIpc) is 2.38. The molecule has 4 heteroatoms. The molecule has 2 N–H and O–H groups in total. The highest BCUT2D eigenvalue weighted by Gasteiger charge is 2.01. The van der Waals surface area contributed by atoms with Gasteiger partial charge in [-0.1, -0.05) is 35.9 Å². The van der Waals surface area contributed by atoms with Crippen molar-refractivity contribution in [3.05, 3.63) is 53.6 Å². The predicted molar refractivity (Wildman–Crippen MR) is 78.5 cm³/mol. The van der Waals surface area contributed by atoms with Crippen LogP contribution in [0.3, 0.4) is 0 Å². The Morgan fingerprint density at radius 2 is 1.78 bits per heavy atom. The molecule has 2 rings (SSSR count). The molecule has 0 aromatic heterocycles. The van der Waals surface area contributed by atoms with Gasteiger partial charge in [0.2, 0.25) is 0 Å². The van der Waals surface area contributed by atoms with E-state index >= 15 is 0 Å². The van der Waals surface area contributed by atoms with Crippen molar-refractivity contribution >= 4 is 29.1 Å². The summed E-state index contributed by atoms with van der Waals surface area (Å²) in [6.45, 7) is 0.601.